The Balaban J connectivity index is 0.000000135. The van der Waals surface area contributed by atoms with Crippen molar-refractivity contribution in [3.63, 3.8) is 0 Å². The fraction of sp³-hybridized carbons (Fsp3) is 0.300. The van der Waals surface area contributed by atoms with Gasteiger partial charge >= 0.3 is 0 Å². The number of benzene rings is 3. The highest BCUT2D eigenvalue weighted by Gasteiger charge is 2.23. The molecule has 6 aromatic heterocycles. The zero-order valence-electron chi connectivity index (χ0n) is 44.1. The first-order chi connectivity index (χ1) is 39.3. The highest BCUT2D eigenvalue weighted by molar-refractivity contribution is 5.95. The van der Waals surface area contributed by atoms with Crippen molar-refractivity contribution in [2.45, 2.75) is 102 Å². The average molecular weight is 1070 g/mol. The molecule has 3 saturated carbocycles. The van der Waals surface area contributed by atoms with E-state index in [0.717, 1.165) is 115 Å². The molecule has 0 saturated heterocycles. The van der Waals surface area contributed by atoms with Crippen LogP contribution in [0.2, 0.25) is 0 Å². The van der Waals surface area contributed by atoms with E-state index in [4.69, 9.17) is 19.3 Å². The standard InChI is InChI=1S/C21H22N6O2.C20H19N5O.C19H17N5O/c22-11-18-21(29-15-5-1-2-6-15)27-20(13-24-18)26-19-10-14-4-3-7-17(23-8-9-28)16(14)12-25-19;1-13-5-4-6-14-9-18(23-11-16(13)14)24-19-12-22-17(10-21)20(25-19)26-15-7-2-3-8-15;20-10-16-19(25-15-7-3-4-8-15)24-18(12-21-16)23-17-9-13-5-1-2-6-14(13)11-22-17/h3-4,7,10,12-13,15,23,28H,1-2,5-6,8-9H2,(H,25,26,27);4-6,9,11-12,15H,2-3,7-8H2,1H3,(H,23,24,25);1-2,5-6,9,11-12,15H,3-4,7-8H2,(H,22,23,24). The van der Waals surface area contributed by atoms with Crippen LogP contribution in [0.4, 0.5) is 40.6 Å². The molecule has 0 aliphatic heterocycles. The van der Waals surface area contributed by atoms with Crippen LogP contribution in [0.25, 0.3) is 32.3 Å². The number of rotatable bonds is 15. The summed E-state index contributed by atoms with van der Waals surface area (Å²) < 4.78 is 17.7. The lowest BCUT2D eigenvalue weighted by Gasteiger charge is -2.14. The van der Waals surface area contributed by atoms with Crippen molar-refractivity contribution >= 4 is 72.9 Å². The van der Waals surface area contributed by atoms with Crippen molar-refractivity contribution in [2.75, 3.05) is 34.4 Å². The van der Waals surface area contributed by atoms with E-state index in [1.54, 1.807) is 6.20 Å². The molecule has 9 aromatic rings. The van der Waals surface area contributed by atoms with Gasteiger partial charge in [-0.25, -0.2) is 29.9 Å². The third kappa shape index (κ3) is 13.6. The van der Waals surface area contributed by atoms with Gasteiger partial charge in [0.15, 0.2) is 17.5 Å². The Morgan fingerprint density at radius 2 is 0.863 bits per heavy atom. The summed E-state index contributed by atoms with van der Waals surface area (Å²) in [4.78, 5) is 39.1. The second-order valence-corrected chi connectivity index (χ2v) is 19.5. The largest absolute Gasteiger partial charge is 0.472 e. The minimum Gasteiger partial charge on any atom is -0.472 e. The van der Waals surface area contributed by atoms with E-state index >= 15 is 0 Å². The highest BCUT2D eigenvalue weighted by atomic mass is 16.5. The topological polar surface area (TPSA) is 283 Å². The molecule has 12 rings (SSSR count). The van der Waals surface area contributed by atoms with Crippen molar-refractivity contribution in [3.8, 4) is 35.8 Å². The van der Waals surface area contributed by atoms with E-state index in [9.17, 15) is 15.8 Å². The van der Waals surface area contributed by atoms with Crippen LogP contribution in [0.3, 0.4) is 0 Å². The second kappa shape index (κ2) is 26.0. The molecule has 0 amide bonds. The number of aryl methyl sites for hydroxylation is 1. The summed E-state index contributed by atoms with van der Waals surface area (Å²) in [5, 5.41) is 55.8. The molecule has 20 nitrogen and oxygen atoms in total. The first kappa shape index (κ1) is 53.6. The number of hydrogen-bond acceptors (Lipinski definition) is 20. The Morgan fingerprint density at radius 3 is 1.32 bits per heavy atom. The maximum Gasteiger partial charge on any atom is 0.253 e. The molecule has 0 radical (unpaired) electrons. The number of aromatic nitrogens is 9. The predicted molar refractivity (Wildman–Crippen MR) is 304 cm³/mol. The molecule has 6 heterocycles. The molecule has 20 heteroatoms. The number of aliphatic hydroxyl groups is 1. The summed E-state index contributed by atoms with van der Waals surface area (Å²) in [5.41, 5.74) is 2.72. The highest BCUT2D eigenvalue weighted by Crippen LogP contribution is 2.31. The smallest absolute Gasteiger partial charge is 0.253 e. The van der Waals surface area contributed by atoms with Crippen LogP contribution in [0.15, 0.2) is 116 Å². The predicted octanol–water partition coefficient (Wildman–Crippen LogP) is 11.6. The molecular formula is C60H58N16O4. The number of fused-ring (bicyclic) bond motifs is 3. The molecule has 3 aromatic carbocycles. The van der Waals surface area contributed by atoms with Crippen molar-refractivity contribution in [2.24, 2.45) is 0 Å². The summed E-state index contributed by atoms with van der Waals surface area (Å²) in [6, 6.07) is 32.0. The molecular weight excluding hydrogens is 1010 g/mol. The molecule has 3 aliphatic rings. The lowest BCUT2D eigenvalue weighted by atomic mass is 10.1. The number of nitrogens with zero attached hydrogens (tertiary/aromatic N) is 12. The molecule has 0 atom stereocenters. The van der Waals surface area contributed by atoms with Gasteiger partial charge in [-0.1, -0.05) is 54.6 Å². The lowest BCUT2D eigenvalue weighted by molar-refractivity contribution is 0.200. The van der Waals surface area contributed by atoms with Gasteiger partial charge in [-0.2, -0.15) is 30.7 Å². The monoisotopic (exact) mass is 1070 g/mol. The maximum absolute atomic E-state index is 9.29. The van der Waals surface area contributed by atoms with E-state index in [-0.39, 0.29) is 47.9 Å². The SMILES string of the molecule is Cc1cccc2cc(Nc3cnc(C#N)c(OC4CCCC4)n3)ncc12.N#Cc1ncc(Nc2cc3cccc(NCCO)c3cn2)nc1OC1CCCC1.N#Cc1ncc(Nc2cc3ccccc3cn2)nc1OC1CCCC1. The van der Waals surface area contributed by atoms with Gasteiger partial charge in [0.05, 0.1) is 25.2 Å². The van der Waals surface area contributed by atoms with Crippen molar-refractivity contribution in [1.82, 2.24) is 44.9 Å². The zero-order chi connectivity index (χ0) is 55.0. The van der Waals surface area contributed by atoms with Gasteiger partial charge in [0.1, 0.15) is 54.0 Å². The van der Waals surface area contributed by atoms with E-state index in [2.05, 4.69) is 79.1 Å². The fourth-order valence-corrected chi connectivity index (χ4v) is 9.79. The van der Waals surface area contributed by atoms with Crippen LogP contribution in [0.5, 0.6) is 17.6 Å². The Labute approximate surface area is 462 Å². The molecule has 0 unspecified atom stereocenters. The van der Waals surface area contributed by atoms with Gasteiger partial charge < -0.3 is 40.6 Å². The summed E-state index contributed by atoms with van der Waals surface area (Å²) in [6.07, 6.45) is 23.1. The quantitative estimate of drug-likeness (QED) is 0.0638. The fourth-order valence-electron chi connectivity index (χ4n) is 9.79. The van der Waals surface area contributed by atoms with Gasteiger partial charge in [-0.15, -0.1) is 0 Å². The second-order valence-electron chi connectivity index (χ2n) is 19.5. The van der Waals surface area contributed by atoms with Crippen LogP contribution in [-0.2, 0) is 0 Å². The molecule has 402 valence electrons. The Kier molecular flexibility index (Phi) is 17.4. The van der Waals surface area contributed by atoms with E-state index < -0.39 is 0 Å². The van der Waals surface area contributed by atoms with Gasteiger partial charge in [-0.3, -0.25) is 0 Å². The number of nitrogens with one attached hydrogen (secondary N) is 4. The van der Waals surface area contributed by atoms with Gasteiger partial charge in [0.25, 0.3) is 17.6 Å². The van der Waals surface area contributed by atoms with Crippen molar-refractivity contribution in [1.29, 1.82) is 15.8 Å². The number of nitriles is 3. The normalized spacial score (nSPS) is 14.2. The van der Waals surface area contributed by atoms with Crippen molar-refractivity contribution < 1.29 is 19.3 Å². The minimum absolute atomic E-state index is 0.0616. The van der Waals surface area contributed by atoms with Crippen LogP contribution in [0.1, 0.15) is 99.7 Å². The number of ether oxygens (including phenoxy) is 3. The van der Waals surface area contributed by atoms with Crippen LogP contribution < -0.4 is 35.5 Å². The Hall–Kier alpha value is -9.84. The first-order valence-corrected chi connectivity index (χ1v) is 26.9. The van der Waals surface area contributed by atoms with E-state index in [1.807, 2.05) is 103 Å². The Morgan fingerprint density at radius 1 is 0.463 bits per heavy atom. The van der Waals surface area contributed by atoms with Crippen LogP contribution in [-0.4, -0.2) is 81.4 Å². The zero-order valence-corrected chi connectivity index (χ0v) is 44.1. The summed E-state index contributed by atoms with van der Waals surface area (Å²) in [6.45, 7) is 2.60. The number of anilines is 7. The molecule has 0 bridgehead atoms. The molecule has 3 aliphatic carbocycles. The third-order valence-electron chi connectivity index (χ3n) is 13.9. The maximum atomic E-state index is 9.29. The lowest BCUT2D eigenvalue weighted by Crippen LogP contribution is -2.14. The molecule has 5 N–H and O–H groups in total. The molecule has 0 spiro atoms. The number of hydrogen-bond donors (Lipinski definition) is 5. The molecule has 3 fully saturated rings. The number of pyridine rings is 3. The summed E-state index contributed by atoms with van der Waals surface area (Å²) in [7, 11) is 0. The average Bonchev–Trinajstić information content (AvgIpc) is 4.38. The number of aliphatic hydroxyl groups excluding tert-OH is 1. The summed E-state index contributed by atoms with van der Waals surface area (Å²) in [5.74, 6) is 4.30. The van der Waals surface area contributed by atoms with Crippen LogP contribution >= 0.6 is 0 Å². The first-order valence-electron chi connectivity index (χ1n) is 26.9. The Bertz CT molecular complexity index is 3750. The van der Waals surface area contributed by atoms with Gasteiger partial charge in [0, 0.05) is 47.0 Å². The van der Waals surface area contributed by atoms with Gasteiger partial charge in [-0.05, 0) is 130 Å². The van der Waals surface area contributed by atoms with Gasteiger partial charge in [0.2, 0.25) is 17.1 Å². The minimum atomic E-state index is 0.0616. The third-order valence-corrected chi connectivity index (χ3v) is 13.9. The van der Waals surface area contributed by atoms with E-state index in [0.29, 0.717) is 53.2 Å². The molecule has 80 heavy (non-hydrogen) atoms. The summed E-state index contributed by atoms with van der Waals surface area (Å²) >= 11 is 0. The van der Waals surface area contributed by atoms with Crippen molar-refractivity contribution in [3.05, 3.63) is 139 Å². The van der Waals surface area contributed by atoms with E-state index in [1.165, 1.54) is 24.2 Å². The van der Waals surface area contributed by atoms with Crippen LogP contribution in [0, 0.1) is 40.9 Å².